The highest BCUT2D eigenvalue weighted by atomic mass is 79.9. The molecule has 0 saturated carbocycles. The predicted molar refractivity (Wildman–Crippen MR) is 57.1 cm³/mol. The first-order valence-corrected chi connectivity index (χ1v) is 5.43. The molecule has 1 aromatic carbocycles. The molecule has 1 aromatic rings. The molecule has 0 radical (unpaired) electrons. The van der Waals surface area contributed by atoms with E-state index in [2.05, 4.69) is 15.9 Å². The maximum absolute atomic E-state index is 13.7. The van der Waals surface area contributed by atoms with E-state index in [-0.39, 0.29) is 19.2 Å². The van der Waals surface area contributed by atoms with Gasteiger partial charge in [0.1, 0.15) is 11.6 Å². The summed E-state index contributed by atoms with van der Waals surface area (Å²) in [6, 6.07) is 1.71. The molecule has 3 nitrogen and oxygen atoms in total. The Morgan fingerprint density at radius 1 is 1.53 bits per heavy atom. The van der Waals surface area contributed by atoms with Gasteiger partial charge in [-0.3, -0.25) is 0 Å². The van der Waals surface area contributed by atoms with Crippen molar-refractivity contribution in [1.29, 1.82) is 0 Å². The molecule has 0 aliphatic carbocycles. The molecule has 2 rings (SSSR count). The van der Waals surface area contributed by atoms with Crippen molar-refractivity contribution in [1.82, 2.24) is 0 Å². The van der Waals surface area contributed by atoms with Crippen molar-refractivity contribution in [3.8, 4) is 5.75 Å². The number of halogens is 2. The molecular weight excluding hydrogens is 265 g/mol. The third kappa shape index (κ3) is 2.00. The molecule has 1 heterocycles. The Hall–Kier alpha value is -0.650. The van der Waals surface area contributed by atoms with Crippen LogP contribution < -0.4 is 10.5 Å². The van der Waals surface area contributed by atoms with Gasteiger partial charge in [-0.1, -0.05) is 0 Å². The van der Waals surface area contributed by atoms with Crippen molar-refractivity contribution in [2.24, 2.45) is 5.73 Å². The Balaban J connectivity index is 2.51. The minimum atomic E-state index is -0.314. The molecule has 0 unspecified atom stereocenters. The molecule has 0 atom stereocenters. The first kappa shape index (κ1) is 10.9. The second-order valence-corrected chi connectivity index (χ2v) is 4.14. The lowest BCUT2D eigenvalue weighted by molar-refractivity contribution is -0.0190. The predicted octanol–water partition coefficient (Wildman–Crippen LogP) is 1.96. The summed E-state index contributed by atoms with van der Waals surface area (Å²) in [5, 5.41) is 0. The van der Waals surface area contributed by atoms with Gasteiger partial charge in [0.05, 0.1) is 16.6 Å². The Morgan fingerprint density at radius 3 is 3.07 bits per heavy atom. The Bertz CT molecular complexity index is 384. The fourth-order valence-corrected chi connectivity index (χ4v) is 2.13. The lowest BCUT2D eigenvalue weighted by atomic mass is 10.1. The van der Waals surface area contributed by atoms with Gasteiger partial charge < -0.3 is 15.2 Å². The van der Waals surface area contributed by atoms with Gasteiger partial charge in [0.15, 0.2) is 6.79 Å². The van der Waals surface area contributed by atoms with Gasteiger partial charge in [0, 0.05) is 0 Å². The Morgan fingerprint density at radius 2 is 2.33 bits per heavy atom. The summed E-state index contributed by atoms with van der Waals surface area (Å²) in [5.41, 5.74) is 6.88. The van der Waals surface area contributed by atoms with Crippen molar-refractivity contribution in [2.75, 3.05) is 13.3 Å². The molecule has 1 aliphatic rings. The van der Waals surface area contributed by atoms with Gasteiger partial charge in [0.25, 0.3) is 0 Å². The van der Waals surface area contributed by atoms with Crippen molar-refractivity contribution >= 4 is 15.9 Å². The minimum Gasteiger partial charge on any atom is -0.467 e. The third-order valence-electron chi connectivity index (χ3n) is 2.29. The summed E-state index contributed by atoms with van der Waals surface area (Å²) in [6.07, 6.45) is 0.668. The van der Waals surface area contributed by atoms with Crippen LogP contribution in [0.2, 0.25) is 0 Å². The summed E-state index contributed by atoms with van der Waals surface area (Å²) in [5.74, 6) is 0.276. The first-order valence-electron chi connectivity index (χ1n) is 4.64. The molecule has 0 aromatic heterocycles. The molecule has 1 aliphatic heterocycles. The molecule has 15 heavy (non-hydrogen) atoms. The highest BCUT2D eigenvalue weighted by Gasteiger charge is 2.21. The van der Waals surface area contributed by atoms with Crippen LogP contribution in [0, 0.1) is 5.82 Å². The third-order valence-corrected chi connectivity index (χ3v) is 2.87. The molecule has 5 heteroatoms. The molecule has 0 fully saturated rings. The van der Waals surface area contributed by atoms with Gasteiger partial charge >= 0.3 is 0 Å². The number of benzene rings is 1. The average molecular weight is 276 g/mol. The SMILES string of the molecule is NCCc1cc(Br)c(F)c2c1OCOC2. The average Bonchev–Trinajstić information content (AvgIpc) is 2.26. The summed E-state index contributed by atoms with van der Waals surface area (Å²) >= 11 is 3.17. The first-order chi connectivity index (χ1) is 7.24. The van der Waals surface area contributed by atoms with Crippen molar-refractivity contribution in [2.45, 2.75) is 13.0 Å². The van der Waals surface area contributed by atoms with Crippen LogP contribution in [0.5, 0.6) is 5.75 Å². The number of rotatable bonds is 2. The van der Waals surface area contributed by atoms with Crippen LogP contribution in [0.3, 0.4) is 0 Å². The monoisotopic (exact) mass is 275 g/mol. The quantitative estimate of drug-likeness (QED) is 0.898. The van der Waals surface area contributed by atoms with Crippen LogP contribution >= 0.6 is 15.9 Å². The van der Waals surface area contributed by atoms with Crippen LogP contribution in [-0.4, -0.2) is 13.3 Å². The van der Waals surface area contributed by atoms with Gasteiger partial charge in [-0.2, -0.15) is 0 Å². The van der Waals surface area contributed by atoms with E-state index >= 15 is 0 Å². The maximum atomic E-state index is 13.7. The van der Waals surface area contributed by atoms with E-state index in [1.54, 1.807) is 6.07 Å². The van der Waals surface area contributed by atoms with Gasteiger partial charge in [0.2, 0.25) is 0 Å². The van der Waals surface area contributed by atoms with E-state index in [9.17, 15) is 4.39 Å². The van der Waals surface area contributed by atoms with E-state index in [1.165, 1.54) is 0 Å². The van der Waals surface area contributed by atoms with Crippen molar-refractivity contribution in [3.63, 3.8) is 0 Å². The normalized spacial score (nSPS) is 14.6. The van der Waals surface area contributed by atoms with E-state index < -0.39 is 0 Å². The van der Waals surface area contributed by atoms with Gasteiger partial charge in [-0.25, -0.2) is 4.39 Å². The topological polar surface area (TPSA) is 44.5 Å². The number of ether oxygens (including phenoxy) is 2. The highest BCUT2D eigenvalue weighted by Crippen LogP contribution is 2.34. The van der Waals surface area contributed by atoms with Crippen LogP contribution in [0.4, 0.5) is 4.39 Å². The lowest BCUT2D eigenvalue weighted by Gasteiger charge is -2.21. The van der Waals surface area contributed by atoms with Crippen LogP contribution in [-0.2, 0) is 17.8 Å². The zero-order valence-corrected chi connectivity index (χ0v) is 9.64. The molecular formula is C10H11BrFNO2. The van der Waals surface area contributed by atoms with Crippen LogP contribution in [0.1, 0.15) is 11.1 Å². The fourth-order valence-electron chi connectivity index (χ4n) is 1.61. The fraction of sp³-hybridized carbons (Fsp3) is 0.400. The largest absolute Gasteiger partial charge is 0.467 e. The zero-order valence-electron chi connectivity index (χ0n) is 8.06. The van der Waals surface area contributed by atoms with Crippen LogP contribution in [0.15, 0.2) is 10.5 Å². The molecule has 0 bridgehead atoms. The number of hydrogen-bond donors (Lipinski definition) is 1. The number of nitrogens with two attached hydrogens (primary N) is 1. The molecule has 82 valence electrons. The molecule has 0 amide bonds. The van der Waals surface area contributed by atoms with Crippen molar-refractivity contribution in [3.05, 3.63) is 27.5 Å². The van der Waals surface area contributed by atoms with Crippen molar-refractivity contribution < 1.29 is 13.9 Å². The number of fused-ring (bicyclic) bond motifs is 1. The molecule has 0 spiro atoms. The lowest BCUT2D eigenvalue weighted by Crippen LogP contribution is -2.16. The smallest absolute Gasteiger partial charge is 0.189 e. The Labute approximate surface area is 95.5 Å². The summed E-state index contributed by atoms with van der Waals surface area (Å²) in [7, 11) is 0. The maximum Gasteiger partial charge on any atom is 0.189 e. The highest BCUT2D eigenvalue weighted by molar-refractivity contribution is 9.10. The van der Waals surface area contributed by atoms with E-state index in [4.69, 9.17) is 15.2 Å². The Kier molecular flexibility index (Phi) is 3.23. The minimum absolute atomic E-state index is 0.172. The second-order valence-electron chi connectivity index (χ2n) is 3.29. The summed E-state index contributed by atoms with van der Waals surface area (Å²) in [4.78, 5) is 0. The van der Waals surface area contributed by atoms with E-state index in [0.29, 0.717) is 28.8 Å². The van der Waals surface area contributed by atoms with Crippen LogP contribution in [0.25, 0.3) is 0 Å². The summed E-state index contributed by atoms with van der Waals surface area (Å²) < 4.78 is 24.4. The standard InChI is InChI=1S/C10H11BrFNO2/c11-8-3-6(1-2-13)10-7(9(8)12)4-14-5-15-10/h3H,1-2,4-5,13H2. The molecule has 0 saturated heterocycles. The van der Waals surface area contributed by atoms with E-state index in [1.807, 2.05) is 0 Å². The molecule has 2 N–H and O–H groups in total. The van der Waals surface area contributed by atoms with Gasteiger partial charge in [-0.05, 0) is 40.5 Å². The summed E-state index contributed by atoms with van der Waals surface area (Å²) in [6.45, 7) is 0.929. The number of hydrogen-bond acceptors (Lipinski definition) is 3. The second kappa shape index (κ2) is 4.47. The van der Waals surface area contributed by atoms with E-state index in [0.717, 1.165) is 5.56 Å². The van der Waals surface area contributed by atoms with Gasteiger partial charge in [-0.15, -0.1) is 0 Å². The zero-order chi connectivity index (χ0) is 10.8.